The second-order valence-corrected chi connectivity index (χ2v) is 10.0. The van der Waals surface area contributed by atoms with Crippen LogP contribution < -0.4 is 0 Å². The van der Waals surface area contributed by atoms with E-state index in [1.165, 1.54) is 68.9 Å². The number of rotatable bonds is 7. The summed E-state index contributed by atoms with van der Waals surface area (Å²) in [5.74, 6) is 7.73. The molecule has 4 rings (SSSR count). The van der Waals surface area contributed by atoms with Gasteiger partial charge in [0.05, 0.1) is 5.56 Å². The molecule has 0 unspecified atom stereocenters. The standard InChI is InChI=1S/C32H37F/c1-3-4-5-6-25-11-13-27(14-12-25)15-16-28-18-22-31-30(23-28)21-20-29(32(31)33)19-17-26-9-7-24(2)8-10-26/h7-10,18,20-23,25,27H,3-6,11-16H2,1-2H3. The lowest BCUT2D eigenvalue weighted by atomic mass is 9.77. The van der Waals surface area contributed by atoms with E-state index in [2.05, 4.69) is 37.8 Å². The zero-order valence-corrected chi connectivity index (χ0v) is 20.3. The lowest BCUT2D eigenvalue weighted by Gasteiger charge is -2.28. The van der Waals surface area contributed by atoms with Crippen molar-refractivity contribution in [3.63, 3.8) is 0 Å². The van der Waals surface area contributed by atoms with Crippen molar-refractivity contribution in [2.24, 2.45) is 11.8 Å². The predicted molar refractivity (Wildman–Crippen MR) is 139 cm³/mol. The SMILES string of the molecule is CCCCCC1CCC(CCc2ccc3c(F)c(C#Cc4ccc(C)cc4)ccc3c2)CC1. The Kier molecular flexibility index (Phi) is 8.22. The Labute approximate surface area is 199 Å². The molecule has 0 aromatic heterocycles. The van der Waals surface area contributed by atoms with Gasteiger partial charge in [-0.1, -0.05) is 112 Å². The predicted octanol–water partition coefficient (Wildman–Crippen LogP) is 9.01. The molecule has 33 heavy (non-hydrogen) atoms. The second-order valence-electron chi connectivity index (χ2n) is 10.0. The van der Waals surface area contributed by atoms with E-state index in [4.69, 9.17) is 0 Å². The molecular weight excluding hydrogens is 403 g/mol. The number of hydrogen-bond acceptors (Lipinski definition) is 0. The Morgan fingerprint density at radius 1 is 0.818 bits per heavy atom. The average Bonchev–Trinajstić information content (AvgIpc) is 2.84. The normalized spacial score (nSPS) is 18.2. The van der Waals surface area contributed by atoms with E-state index in [0.717, 1.165) is 29.2 Å². The van der Waals surface area contributed by atoms with Gasteiger partial charge in [0.2, 0.25) is 0 Å². The molecule has 0 aliphatic heterocycles. The quantitative estimate of drug-likeness (QED) is 0.254. The van der Waals surface area contributed by atoms with E-state index < -0.39 is 0 Å². The minimum absolute atomic E-state index is 0.208. The minimum atomic E-state index is -0.208. The van der Waals surface area contributed by atoms with Crippen molar-refractivity contribution in [2.75, 3.05) is 0 Å². The van der Waals surface area contributed by atoms with Crippen LogP contribution in [0, 0.1) is 36.4 Å². The Balaban J connectivity index is 1.35. The van der Waals surface area contributed by atoms with Gasteiger partial charge in [0.15, 0.2) is 0 Å². The summed E-state index contributed by atoms with van der Waals surface area (Å²) >= 11 is 0. The molecule has 0 atom stereocenters. The van der Waals surface area contributed by atoms with Crippen LogP contribution in [-0.2, 0) is 6.42 Å². The third-order valence-corrected chi connectivity index (χ3v) is 7.44. The van der Waals surface area contributed by atoms with Crippen LogP contribution in [0.3, 0.4) is 0 Å². The highest BCUT2D eigenvalue weighted by molar-refractivity contribution is 5.85. The number of aryl methyl sites for hydroxylation is 2. The van der Waals surface area contributed by atoms with Crippen molar-refractivity contribution in [1.29, 1.82) is 0 Å². The molecule has 0 spiro atoms. The molecule has 0 bridgehead atoms. The molecule has 1 aliphatic rings. The van der Waals surface area contributed by atoms with Crippen LogP contribution in [0.15, 0.2) is 54.6 Å². The molecule has 1 aliphatic carbocycles. The molecule has 1 heteroatoms. The van der Waals surface area contributed by atoms with E-state index >= 15 is 4.39 Å². The van der Waals surface area contributed by atoms with Crippen LogP contribution in [0.5, 0.6) is 0 Å². The lowest BCUT2D eigenvalue weighted by Crippen LogP contribution is -2.15. The number of unbranched alkanes of at least 4 members (excludes halogenated alkanes) is 2. The lowest BCUT2D eigenvalue weighted by molar-refractivity contribution is 0.249. The van der Waals surface area contributed by atoms with Crippen LogP contribution in [0.4, 0.5) is 4.39 Å². The number of fused-ring (bicyclic) bond motifs is 1. The van der Waals surface area contributed by atoms with E-state index in [-0.39, 0.29) is 5.82 Å². The van der Waals surface area contributed by atoms with Gasteiger partial charge in [-0.3, -0.25) is 0 Å². The largest absolute Gasteiger partial charge is 0.205 e. The summed E-state index contributed by atoms with van der Waals surface area (Å²) in [4.78, 5) is 0. The third-order valence-electron chi connectivity index (χ3n) is 7.44. The van der Waals surface area contributed by atoms with Gasteiger partial charge in [-0.05, 0) is 60.7 Å². The molecule has 172 valence electrons. The fraction of sp³-hybridized carbons (Fsp3) is 0.438. The number of halogens is 1. The molecule has 3 aromatic rings. The summed E-state index contributed by atoms with van der Waals surface area (Å²) in [5, 5.41) is 1.65. The maximum Gasteiger partial charge on any atom is 0.146 e. The molecule has 0 amide bonds. The molecule has 1 fully saturated rings. The fourth-order valence-corrected chi connectivity index (χ4v) is 5.23. The number of hydrogen-bond donors (Lipinski definition) is 0. The van der Waals surface area contributed by atoms with Gasteiger partial charge in [0.25, 0.3) is 0 Å². The van der Waals surface area contributed by atoms with Gasteiger partial charge in [-0.2, -0.15) is 0 Å². The van der Waals surface area contributed by atoms with Gasteiger partial charge in [0.1, 0.15) is 5.82 Å². The maximum absolute atomic E-state index is 15.1. The highest BCUT2D eigenvalue weighted by Crippen LogP contribution is 2.34. The first-order valence-corrected chi connectivity index (χ1v) is 12.9. The van der Waals surface area contributed by atoms with Crippen LogP contribution in [0.1, 0.15) is 87.0 Å². The molecule has 0 radical (unpaired) electrons. The number of benzene rings is 3. The van der Waals surface area contributed by atoms with Crippen molar-refractivity contribution in [1.82, 2.24) is 0 Å². The van der Waals surface area contributed by atoms with Crippen LogP contribution in [0.25, 0.3) is 10.8 Å². The van der Waals surface area contributed by atoms with Crippen molar-refractivity contribution in [3.8, 4) is 11.8 Å². The monoisotopic (exact) mass is 440 g/mol. The van der Waals surface area contributed by atoms with Gasteiger partial charge in [-0.15, -0.1) is 0 Å². The van der Waals surface area contributed by atoms with E-state index in [9.17, 15) is 0 Å². The average molecular weight is 441 g/mol. The minimum Gasteiger partial charge on any atom is -0.205 e. The Bertz CT molecular complexity index is 1100. The maximum atomic E-state index is 15.1. The van der Waals surface area contributed by atoms with Gasteiger partial charge in [-0.25, -0.2) is 4.39 Å². The van der Waals surface area contributed by atoms with Crippen LogP contribution in [-0.4, -0.2) is 0 Å². The van der Waals surface area contributed by atoms with E-state index in [0.29, 0.717) is 10.9 Å². The first-order valence-electron chi connectivity index (χ1n) is 12.9. The smallest absolute Gasteiger partial charge is 0.146 e. The molecule has 0 N–H and O–H groups in total. The molecule has 1 saturated carbocycles. The molecule has 3 aromatic carbocycles. The van der Waals surface area contributed by atoms with Crippen molar-refractivity contribution in [2.45, 2.75) is 78.1 Å². The van der Waals surface area contributed by atoms with Gasteiger partial charge in [0, 0.05) is 10.9 Å². The summed E-state index contributed by atoms with van der Waals surface area (Å²) in [7, 11) is 0. The van der Waals surface area contributed by atoms with Gasteiger partial charge < -0.3 is 0 Å². The highest BCUT2D eigenvalue weighted by atomic mass is 19.1. The van der Waals surface area contributed by atoms with Gasteiger partial charge >= 0.3 is 0 Å². The highest BCUT2D eigenvalue weighted by Gasteiger charge is 2.20. The first kappa shape index (κ1) is 23.6. The Hall–Kier alpha value is -2.59. The molecule has 0 nitrogen and oxygen atoms in total. The Morgan fingerprint density at radius 3 is 2.27 bits per heavy atom. The summed E-state index contributed by atoms with van der Waals surface area (Å²) in [5.41, 5.74) is 3.89. The fourth-order valence-electron chi connectivity index (χ4n) is 5.23. The Morgan fingerprint density at radius 2 is 1.55 bits per heavy atom. The summed E-state index contributed by atoms with van der Waals surface area (Å²) in [6.45, 7) is 4.34. The van der Waals surface area contributed by atoms with Crippen LogP contribution in [0.2, 0.25) is 0 Å². The zero-order valence-electron chi connectivity index (χ0n) is 20.3. The zero-order chi connectivity index (χ0) is 23.0. The summed E-state index contributed by atoms with van der Waals surface area (Å²) in [6.07, 6.45) is 13.5. The van der Waals surface area contributed by atoms with Crippen LogP contribution >= 0.6 is 0 Å². The third kappa shape index (κ3) is 6.48. The summed E-state index contributed by atoms with van der Waals surface area (Å²) in [6, 6.07) is 18.1. The van der Waals surface area contributed by atoms with E-state index in [1.807, 2.05) is 42.5 Å². The topological polar surface area (TPSA) is 0 Å². The first-order chi connectivity index (χ1) is 16.1. The molecular formula is C32H37F. The van der Waals surface area contributed by atoms with Crippen molar-refractivity contribution in [3.05, 3.63) is 82.7 Å². The van der Waals surface area contributed by atoms with Crippen molar-refractivity contribution >= 4 is 10.8 Å². The second kappa shape index (κ2) is 11.5. The molecule has 0 saturated heterocycles. The van der Waals surface area contributed by atoms with E-state index in [1.54, 1.807) is 0 Å². The molecule has 0 heterocycles. The summed E-state index contributed by atoms with van der Waals surface area (Å²) < 4.78 is 15.1. The van der Waals surface area contributed by atoms with Crippen molar-refractivity contribution < 1.29 is 4.39 Å².